The Balaban J connectivity index is 2.38. The molecule has 1 amide bonds. The first-order valence-electron chi connectivity index (χ1n) is 6.25. The van der Waals surface area contributed by atoms with Crippen LogP contribution in [0.1, 0.15) is 39.0 Å². The van der Waals surface area contributed by atoms with Gasteiger partial charge in [0.15, 0.2) is 0 Å². The average molecular weight is 242 g/mol. The number of hydrogen-bond acceptors (Lipinski definition) is 3. The quantitative estimate of drug-likeness (QED) is 0.662. The Morgan fingerprint density at radius 1 is 1.41 bits per heavy atom. The van der Waals surface area contributed by atoms with Gasteiger partial charge in [-0.05, 0) is 25.7 Å². The maximum atomic E-state index is 11.4. The Morgan fingerprint density at radius 2 is 2.06 bits per heavy atom. The van der Waals surface area contributed by atoms with Crippen molar-refractivity contribution in [2.45, 2.75) is 45.1 Å². The summed E-state index contributed by atoms with van der Waals surface area (Å²) in [4.78, 5) is 22.5. The molecule has 5 heteroatoms. The SMILES string of the molecule is CC(N)CC(=O)NCC1CCCCC1C(=O)O. The van der Waals surface area contributed by atoms with Crippen molar-refractivity contribution in [3.05, 3.63) is 0 Å². The van der Waals surface area contributed by atoms with Gasteiger partial charge < -0.3 is 16.2 Å². The highest BCUT2D eigenvalue weighted by molar-refractivity contribution is 5.76. The normalized spacial score (nSPS) is 26.2. The third-order valence-corrected chi connectivity index (χ3v) is 3.30. The predicted octanol–water partition coefficient (Wildman–Crippen LogP) is 0.731. The zero-order valence-electron chi connectivity index (χ0n) is 10.3. The average Bonchev–Trinajstić information content (AvgIpc) is 2.25. The van der Waals surface area contributed by atoms with Gasteiger partial charge in [-0.25, -0.2) is 0 Å². The van der Waals surface area contributed by atoms with Crippen molar-refractivity contribution in [3.8, 4) is 0 Å². The predicted molar refractivity (Wildman–Crippen MR) is 64.4 cm³/mol. The Kier molecular flexibility index (Phi) is 5.41. The number of carboxylic acids is 1. The van der Waals surface area contributed by atoms with E-state index >= 15 is 0 Å². The summed E-state index contributed by atoms with van der Waals surface area (Å²) in [6, 6.07) is -0.156. The molecule has 0 saturated heterocycles. The molecule has 17 heavy (non-hydrogen) atoms. The molecule has 5 nitrogen and oxygen atoms in total. The molecule has 1 aliphatic carbocycles. The van der Waals surface area contributed by atoms with Gasteiger partial charge in [0.05, 0.1) is 5.92 Å². The van der Waals surface area contributed by atoms with Crippen molar-refractivity contribution in [2.75, 3.05) is 6.54 Å². The minimum Gasteiger partial charge on any atom is -0.481 e. The van der Waals surface area contributed by atoms with E-state index in [2.05, 4.69) is 5.32 Å². The Labute approximate surface area is 102 Å². The molecule has 4 N–H and O–H groups in total. The fraction of sp³-hybridized carbons (Fsp3) is 0.833. The molecule has 3 atom stereocenters. The third kappa shape index (κ3) is 4.73. The standard InChI is InChI=1S/C12H22N2O3/c1-8(13)6-11(15)14-7-9-4-2-3-5-10(9)12(16)17/h8-10H,2-7,13H2,1H3,(H,14,15)(H,16,17). The van der Waals surface area contributed by atoms with E-state index in [1.165, 1.54) is 0 Å². The largest absolute Gasteiger partial charge is 0.481 e. The molecular weight excluding hydrogens is 220 g/mol. The molecule has 0 aromatic carbocycles. The van der Waals surface area contributed by atoms with Crippen LogP contribution in [0.15, 0.2) is 0 Å². The summed E-state index contributed by atoms with van der Waals surface area (Å²) >= 11 is 0. The van der Waals surface area contributed by atoms with E-state index in [9.17, 15) is 9.59 Å². The van der Waals surface area contributed by atoms with E-state index in [1.807, 2.05) is 0 Å². The fourth-order valence-corrected chi connectivity index (χ4v) is 2.39. The molecule has 98 valence electrons. The van der Waals surface area contributed by atoms with Crippen molar-refractivity contribution < 1.29 is 14.7 Å². The van der Waals surface area contributed by atoms with Gasteiger partial charge in [0.2, 0.25) is 5.91 Å². The second-order valence-corrected chi connectivity index (χ2v) is 4.97. The monoisotopic (exact) mass is 242 g/mol. The Morgan fingerprint density at radius 3 is 2.65 bits per heavy atom. The van der Waals surface area contributed by atoms with Gasteiger partial charge in [-0.2, -0.15) is 0 Å². The van der Waals surface area contributed by atoms with E-state index in [1.54, 1.807) is 6.92 Å². The first kappa shape index (κ1) is 14.0. The summed E-state index contributed by atoms with van der Waals surface area (Å²) in [5.41, 5.74) is 5.52. The lowest BCUT2D eigenvalue weighted by atomic mass is 9.79. The lowest BCUT2D eigenvalue weighted by molar-refractivity contribution is -0.145. The number of amides is 1. The van der Waals surface area contributed by atoms with Crippen molar-refractivity contribution in [1.82, 2.24) is 5.32 Å². The van der Waals surface area contributed by atoms with Crippen LogP contribution in [0.25, 0.3) is 0 Å². The second-order valence-electron chi connectivity index (χ2n) is 4.97. The summed E-state index contributed by atoms with van der Waals surface area (Å²) in [5.74, 6) is -1.07. The summed E-state index contributed by atoms with van der Waals surface area (Å²) in [5, 5.41) is 11.9. The first-order chi connectivity index (χ1) is 8.00. The van der Waals surface area contributed by atoms with Crippen molar-refractivity contribution in [1.29, 1.82) is 0 Å². The van der Waals surface area contributed by atoms with Crippen LogP contribution in [-0.2, 0) is 9.59 Å². The molecular formula is C12H22N2O3. The van der Waals surface area contributed by atoms with Gasteiger partial charge in [0.1, 0.15) is 0 Å². The van der Waals surface area contributed by atoms with E-state index in [0.717, 1.165) is 25.7 Å². The van der Waals surface area contributed by atoms with Gasteiger partial charge >= 0.3 is 5.97 Å². The number of nitrogens with two attached hydrogens (primary N) is 1. The minimum atomic E-state index is -0.740. The highest BCUT2D eigenvalue weighted by Gasteiger charge is 2.30. The molecule has 0 aromatic heterocycles. The number of hydrogen-bond donors (Lipinski definition) is 3. The summed E-state index contributed by atoms with van der Waals surface area (Å²) in [6.07, 6.45) is 3.93. The van der Waals surface area contributed by atoms with Gasteiger partial charge in [0, 0.05) is 19.0 Å². The van der Waals surface area contributed by atoms with Crippen LogP contribution in [0, 0.1) is 11.8 Å². The highest BCUT2D eigenvalue weighted by Crippen LogP contribution is 2.29. The van der Waals surface area contributed by atoms with Crippen LogP contribution in [-0.4, -0.2) is 29.6 Å². The molecule has 0 bridgehead atoms. The minimum absolute atomic E-state index is 0.0679. The van der Waals surface area contributed by atoms with E-state index in [-0.39, 0.29) is 23.8 Å². The molecule has 1 fully saturated rings. The van der Waals surface area contributed by atoms with Crippen LogP contribution < -0.4 is 11.1 Å². The second kappa shape index (κ2) is 6.59. The lowest BCUT2D eigenvalue weighted by Gasteiger charge is -2.28. The first-order valence-corrected chi connectivity index (χ1v) is 6.25. The van der Waals surface area contributed by atoms with Crippen LogP contribution >= 0.6 is 0 Å². The van der Waals surface area contributed by atoms with Crippen LogP contribution in [0.3, 0.4) is 0 Å². The molecule has 0 spiro atoms. The number of rotatable bonds is 5. The molecule has 0 heterocycles. The molecule has 3 unspecified atom stereocenters. The molecule has 1 aliphatic rings. The summed E-state index contributed by atoms with van der Waals surface area (Å²) in [6.45, 7) is 2.24. The molecule has 1 saturated carbocycles. The molecule has 0 radical (unpaired) electrons. The van der Waals surface area contributed by atoms with E-state index in [4.69, 9.17) is 10.8 Å². The van der Waals surface area contributed by atoms with Gasteiger partial charge in [0.25, 0.3) is 0 Å². The Bertz CT molecular complexity index is 279. The number of aliphatic carboxylic acids is 1. The third-order valence-electron chi connectivity index (χ3n) is 3.30. The molecule has 0 aromatic rings. The maximum absolute atomic E-state index is 11.4. The maximum Gasteiger partial charge on any atom is 0.306 e. The lowest BCUT2D eigenvalue weighted by Crippen LogP contribution is -2.38. The van der Waals surface area contributed by atoms with E-state index < -0.39 is 5.97 Å². The van der Waals surface area contributed by atoms with E-state index in [0.29, 0.717) is 13.0 Å². The molecule has 0 aliphatic heterocycles. The molecule has 1 rings (SSSR count). The van der Waals surface area contributed by atoms with Gasteiger partial charge in [-0.15, -0.1) is 0 Å². The Hall–Kier alpha value is -1.10. The van der Waals surface area contributed by atoms with Gasteiger partial charge in [-0.3, -0.25) is 9.59 Å². The van der Waals surface area contributed by atoms with Crippen molar-refractivity contribution >= 4 is 11.9 Å². The topological polar surface area (TPSA) is 92.4 Å². The summed E-state index contributed by atoms with van der Waals surface area (Å²) < 4.78 is 0. The van der Waals surface area contributed by atoms with Gasteiger partial charge in [-0.1, -0.05) is 12.8 Å². The number of nitrogens with one attached hydrogen (secondary N) is 1. The number of carboxylic acid groups (broad SMARTS) is 1. The fourth-order valence-electron chi connectivity index (χ4n) is 2.39. The van der Waals surface area contributed by atoms with Crippen molar-refractivity contribution in [2.24, 2.45) is 17.6 Å². The highest BCUT2D eigenvalue weighted by atomic mass is 16.4. The number of carbonyl (C=O) groups excluding carboxylic acids is 1. The van der Waals surface area contributed by atoms with Crippen LogP contribution in [0.5, 0.6) is 0 Å². The van der Waals surface area contributed by atoms with Crippen molar-refractivity contribution in [3.63, 3.8) is 0 Å². The van der Waals surface area contributed by atoms with Crippen LogP contribution in [0.2, 0.25) is 0 Å². The summed E-state index contributed by atoms with van der Waals surface area (Å²) in [7, 11) is 0. The van der Waals surface area contributed by atoms with Crippen LogP contribution in [0.4, 0.5) is 0 Å². The number of carbonyl (C=O) groups is 2. The zero-order chi connectivity index (χ0) is 12.8. The zero-order valence-corrected chi connectivity index (χ0v) is 10.3. The smallest absolute Gasteiger partial charge is 0.306 e.